The van der Waals surface area contributed by atoms with E-state index < -0.39 is 0 Å². The molecule has 0 aromatic heterocycles. The van der Waals surface area contributed by atoms with Crippen molar-refractivity contribution in [3.05, 3.63) is 52.5 Å². The van der Waals surface area contributed by atoms with E-state index in [4.69, 9.17) is 0 Å². The van der Waals surface area contributed by atoms with Crippen LogP contribution in [0.5, 0.6) is 5.75 Å². The number of para-hydroxylation sites is 1. The third kappa shape index (κ3) is 2.03. The SMILES string of the molecule is Oc1ccc(Br)cc1[C@@H]1Nc2ccccc2S1. The quantitative estimate of drug-likeness (QED) is 0.820. The average Bonchev–Trinajstić information content (AvgIpc) is 2.75. The van der Waals surface area contributed by atoms with Crippen molar-refractivity contribution in [2.75, 3.05) is 5.32 Å². The monoisotopic (exact) mass is 307 g/mol. The molecule has 0 radical (unpaired) electrons. The minimum absolute atomic E-state index is 0.0740. The summed E-state index contributed by atoms with van der Waals surface area (Å²) in [4.78, 5) is 1.22. The van der Waals surface area contributed by atoms with Gasteiger partial charge in [-0.1, -0.05) is 39.8 Å². The molecule has 1 atom stereocenters. The van der Waals surface area contributed by atoms with Gasteiger partial charge in [-0.2, -0.15) is 0 Å². The highest BCUT2D eigenvalue weighted by Crippen LogP contribution is 2.48. The van der Waals surface area contributed by atoms with Gasteiger partial charge in [-0.05, 0) is 30.3 Å². The van der Waals surface area contributed by atoms with Crippen LogP contribution in [-0.4, -0.2) is 5.11 Å². The molecule has 0 saturated carbocycles. The zero-order valence-corrected chi connectivity index (χ0v) is 11.3. The lowest BCUT2D eigenvalue weighted by Crippen LogP contribution is -2.01. The number of phenolic OH excluding ortho intramolecular Hbond substituents is 1. The molecule has 2 aromatic carbocycles. The van der Waals surface area contributed by atoms with Crippen LogP contribution in [0.2, 0.25) is 0 Å². The molecule has 0 fully saturated rings. The van der Waals surface area contributed by atoms with E-state index in [2.05, 4.69) is 33.4 Å². The summed E-state index contributed by atoms with van der Waals surface area (Å²) in [6, 6.07) is 13.7. The van der Waals surface area contributed by atoms with E-state index in [0.29, 0.717) is 5.75 Å². The molecule has 0 amide bonds. The maximum atomic E-state index is 9.90. The van der Waals surface area contributed by atoms with Gasteiger partial charge in [0.1, 0.15) is 11.1 Å². The summed E-state index contributed by atoms with van der Waals surface area (Å²) >= 11 is 5.15. The smallest absolute Gasteiger partial charge is 0.121 e. The molecular formula is C13H10BrNOS. The van der Waals surface area contributed by atoms with Crippen LogP contribution in [0.3, 0.4) is 0 Å². The number of hydrogen-bond acceptors (Lipinski definition) is 3. The lowest BCUT2D eigenvalue weighted by atomic mass is 10.2. The fourth-order valence-corrected chi connectivity index (χ4v) is 3.41. The summed E-state index contributed by atoms with van der Waals surface area (Å²) in [5.74, 6) is 0.325. The first-order valence-corrected chi connectivity index (χ1v) is 6.92. The van der Waals surface area contributed by atoms with Crippen molar-refractivity contribution in [3.8, 4) is 5.75 Å². The van der Waals surface area contributed by atoms with Crippen LogP contribution in [0.15, 0.2) is 51.8 Å². The summed E-state index contributed by atoms with van der Waals surface area (Å²) in [5, 5.41) is 13.4. The fourth-order valence-electron chi connectivity index (χ4n) is 1.86. The highest BCUT2D eigenvalue weighted by molar-refractivity contribution is 9.10. The van der Waals surface area contributed by atoms with Gasteiger partial charge in [-0.15, -0.1) is 0 Å². The van der Waals surface area contributed by atoms with Gasteiger partial charge in [0.25, 0.3) is 0 Å². The summed E-state index contributed by atoms with van der Waals surface area (Å²) in [7, 11) is 0. The second kappa shape index (κ2) is 4.27. The van der Waals surface area contributed by atoms with E-state index in [1.165, 1.54) is 4.90 Å². The van der Waals surface area contributed by atoms with Gasteiger partial charge in [0, 0.05) is 20.6 Å². The molecule has 0 unspecified atom stereocenters. The number of benzene rings is 2. The van der Waals surface area contributed by atoms with Gasteiger partial charge in [0.05, 0.1) is 0 Å². The highest BCUT2D eigenvalue weighted by atomic mass is 79.9. The van der Waals surface area contributed by atoms with Gasteiger partial charge in [-0.3, -0.25) is 0 Å². The highest BCUT2D eigenvalue weighted by Gasteiger charge is 2.24. The van der Waals surface area contributed by atoms with Crippen molar-refractivity contribution in [1.29, 1.82) is 0 Å². The molecule has 1 aliphatic rings. The molecule has 0 saturated heterocycles. The molecule has 2 aromatic rings. The molecule has 4 heteroatoms. The normalized spacial score (nSPS) is 17.6. The third-order valence-electron chi connectivity index (χ3n) is 2.69. The Morgan fingerprint density at radius 2 is 2.00 bits per heavy atom. The van der Waals surface area contributed by atoms with Crippen molar-refractivity contribution in [2.24, 2.45) is 0 Å². The first kappa shape index (κ1) is 11.0. The molecular weight excluding hydrogens is 298 g/mol. The minimum Gasteiger partial charge on any atom is -0.508 e. The van der Waals surface area contributed by atoms with Crippen molar-refractivity contribution in [1.82, 2.24) is 0 Å². The number of halogens is 1. The average molecular weight is 308 g/mol. The Morgan fingerprint density at radius 1 is 1.18 bits per heavy atom. The van der Waals surface area contributed by atoms with E-state index in [0.717, 1.165) is 15.7 Å². The molecule has 2 nitrogen and oxygen atoms in total. The van der Waals surface area contributed by atoms with Gasteiger partial charge >= 0.3 is 0 Å². The zero-order valence-electron chi connectivity index (χ0n) is 8.85. The van der Waals surface area contributed by atoms with Gasteiger partial charge in [0.2, 0.25) is 0 Å². The standard InChI is InChI=1S/C13H10BrNOS/c14-8-5-6-11(16)9(7-8)13-15-10-3-1-2-4-12(10)17-13/h1-7,13,15-16H/t13-/m1/s1. The van der Waals surface area contributed by atoms with E-state index in [9.17, 15) is 5.11 Å². The van der Waals surface area contributed by atoms with Crippen LogP contribution >= 0.6 is 27.7 Å². The maximum absolute atomic E-state index is 9.90. The molecule has 3 rings (SSSR count). The Morgan fingerprint density at radius 3 is 2.82 bits per heavy atom. The fraction of sp³-hybridized carbons (Fsp3) is 0.0769. The van der Waals surface area contributed by atoms with Crippen LogP contribution in [0.1, 0.15) is 10.9 Å². The third-order valence-corrected chi connectivity index (χ3v) is 4.40. The Balaban J connectivity index is 1.96. The first-order valence-electron chi connectivity index (χ1n) is 5.25. The van der Waals surface area contributed by atoms with E-state index in [1.807, 2.05) is 24.3 Å². The number of anilines is 1. The van der Waals surface area contributed by atoms with Crippen LogP contribution in [0.4, 0.5) is 5.69 Å². The summed E-state index contributed by atoms with van der Waals surface area (Å²) < 4.78 is 0.976. The summed E-state index contributed by atoms with van der Waals surface area (Å²) in [6.45, 7) is 0. The van der Waals surface area contributed by atoms with Crippen molar-refractivity contribution < 1.29 is 5.11 Å². The van der Waals surface area contributed by atoms with Gasteiger partial charge in [-0.25, -0.2) is 0 Å². The Kier molecular flexibility index (Phi) is 2.76. The number of thioether (sulfide) groups is 1. The summed E-state index contributed by atoms with van der Waals surface area (Å²) in [6.07, 6.45) is 0. The van der Waals surface area contributed by atoms with Crippen LogP contribution in [-0.2, 0) is 0 Å². The number of rotatable bonds is 1. The predicted octanol–water partition coefficient (Wildman–Crippen LogP) is 4.37. The second-order valence-corrected chi connectivity index (χ2v) is 5.90. The van der Waals surface area contributed by atoms with Crippen LogP contribution in [0.25, 0.3) is 0 Å². The molecule has 0 bridgehead atoms. The summed E-state index contributed by atoms with van der Waals surface area (Å²) in [5.41, 5.74) is 2.03. The maximum Gasteiger partial charge on any atom is 0.121 e. The van der Waals surface area contributed by atoms with Crippen LogP contribution < -0.4 is 5.32 Å². The van der Waals surface area contributed by atoms with Crippen molar-refractivity contribution in [2.45, 2.75) is 10.3 Å². The first-order chi connectivity index (χ1) is 8.24. The lowest BCUT2D eigenvalue weighted by molar-refractivity contribution is 0.468. The van der Waals surface area contributed by atoms with E-state index >= 15 is 0 Å². The molecule has 1 heterocycles. The second-order valence-electron chi connectivity index (χ2n) is 3.84. The Hall–Kier alpha value is -1.13. The number of aromatic hydroxyl groups is 1. The molecule has 2 N–H and O–H groups in total. The van der Waals surface area contributed by atoms with E-state index in [1.54, 1.807) is 17.8 Å². The number of fused-ring (bicyclic) bond motifs is 1. The Bertz CT molecular complexity index is 548. The minimum atomic E-state index is 0.0740. The van der Waals surface area contributed by atoms with Gasteiger partial charge < -0.3 is 10.4 Å². The lowest BCUT2D eigenvalue weighted by Gasteiger charge is -2.12. The van der Waals surface area contributed by atoms with Crippen molar-refractivity contribution in [3.63, 3.8) is 0 Å². The number of nitrogens with one attached hydrogen (secondary N) is 1. The van der Waals surface area contributed by atoms with Crippen molar-refractivity contribution >= 4 is 33.4 Å². The van der Waals surface area contributed by atoms with Crippen LogP contribution in [0, 0.1) is 0 Å². The van der Waals surface area contributed by atoms with E-state index in [-0.39, 0.29) is 5.37 Å². The molecule has 86 valence electrons. The number of hydrogen-bond donors (Lipinski definition) is 2. The molecule has 17 heavy (non-hydrogen) atoms. The predicted molar refractivity (Wildman–Crippen MR) is 74.5 cm³/mol. The zero-order chi connectivity index (χ0) is 11.8. The molecule has 0 spiro atoms. The Labute approximate surface area is 112 Å². The number of phenols is 1. The molecule has 1 aliphatic heterocycles. The largest absolute Gasteiger partial charge is 0.508 e. The molecule has 0 aliphatic carbocycles. The topological polar surface area (TPSA) is 32.3 Å². The van der Waals surface area contributed by atoms with Gasteiger partial charge in [0.15, 0.2) is 0 Å².